The van der Waals surface area contributed by atoms with Gasteiger partial charge in [0.15, 0.2) is 0 Å². The van der Waals surface area contributed by atoms with Gasteiger partial charge in [0.05, 0.1) is 16.6 Å². The van der Waals surface area contributed by atoms with Gasteiger partial charge in [-0.25, -0.2) is 0 Å². The summed E-state index contributed by atoms with van der Waals surface area (Å²) in [6.07, 6.45) is 0. The van der Waals surface area contributed by atoms with Gasteiger partial charge < -0.3 is 16.8 Å². The molecular formula is C12H16ClN3O2. The molecule has 0 aromatic heterocycles. The summed E-state index contributed by atoms with van der Waals surface area (Å²) in [5, 5.41) is 2.86. The standard InChI is InChI=1S/C12H16ClN3O2/c1-6(2)10(14)12(18)16-7-3-4-9(13)8(5-7)11(15)17/h3-6,10H,14H2,1-2H3,(H2,15,17)(H,16,18)/t10-/m1/s1. The Labute approximate surface area is 110 Å². The maximum Gasteiger partial charge on any atom is 0.250 e. The molecule has 0 aliphatic rings. The lowest BCUT2D eigenvalue weighted by atomic mass is 10.0. The Kier molecular flexibility index (Phi) is 4.69. The van der Waals surface area contributed by atoms with E-state index >= 15 is 0 Å². The lowest BCUT2D eigenvalue weighted by Crippen LogP contribution is -2.39. The van der Waals surface area contributed by atoms with Crippen molar-refractivity contribution in [1.82, 2.24) is 0 Å². The second-order valence-electron chi connectivity index (χ2n) is 4.32. The molecule has 0 radical (unpaired) electrons. The number of halogens is 1. The minimum Gasteiger partial charge on any atom is -0.366 e. The van der Waals surface area contributed by atoms with Crippen LogP contribution in [0, 0.1) is 5.92 Å². The molecular weight excluding hydrogens is 254 g/mol. The minimum atomic E-state index is -0.649. The normalized spacial score (nSPS) is 12.3. The van der Waals surface area contributed by atoms with Crippen molar-refractivity contribution in [3.05, 3.63) is 28.8 Å². The van der Waals surface area contributed by atoms with Gasteiger partial charge in [-0.1, -0.05) is 25.4 Å². The topological polar surface area (TPSA) is 98.2 Å². The number of carbonyl (C=O) groups is 2. The number of amides is 2. The lowest BCUT2D eigenvalue weighted by molar-refractivity contribution is -0.118. The Morgan fingerprint density at radius 2 is 1.94 bits per heavy atom. The summed E-state index contributed by atoms with van der Waals surface area (Å²) in [6, 6.07) is 3.89. The largest absolute Gasteiger partial charge is 0.366 e. The third-order valence-electron chi connectivity index (χ3n) is 2.52. The Morgan fingerprint density at radius 3 is 2.44 bits per heavy atom. The number of nitrogens with two attached hydrogens (primary N) is 2. The van der Waals surface area contributed by atoms with Gasteiger partial charge >= 0.3 is 0 Å². The zero-order chi connectivity index (χ0) is 13.9. The number of hydrogen-bond donors (Lipinski definition) is 3. The summed E-state index contributed by atoms with van der Waals surface area (Å²) < 4.78 is 0. The quantitative estimate of drug-likeness (QED) is 0.770. The van der Waals surface area contributed by atoms with Crippen LogP contribution in [0.25, 0.3) is 0 Å². The van der Waals surface area contributed by atoms with Crippen molar-refractivity contribution in [1.29, 1.82) is 0 Å². The fourth-order valence-corrected chi connectivity index (χ4v) is 1.53. The van der Waals surface area contributed by atoms with Crippen LogP contribution in [-0.2, 0) is 4.79 Å². The predicted octanol–water partition coefficient (Wildman–Crippen LogP) is 1.36. The van der Waals surface area contributed by atoms with Crippen molar-refractivity contribution in [3.8, 4) is 0 Å². The molecule has 0 bridgehead atoms. The first-order valence-electron chi connectivity index (χ1n) is 5.48. The number of benzene rings is 1. The molecule has 18 heavy (non-hydrogen) atoms. The van der Waals surface area contributed by atoms with Crippen LogP contribution in [-0.4, -0.2) is 17.9 Å². The van der Waals surface area contributed by atoms with Crippen molar-refractivity contribution >= 4 is 29.1 Å². The molecule has 6 heteroatoms. The molecule has 0 spiro atoms. The van der Waals surface area contributed by atoms with E-state index in [2.05, 4.69) is 5.32 Å². The molecule has 0 heterocycles. The molecule has 5 N–H and O–H groups in total. The molecule has 0 aliphatic heterocycles. The predicted molar refractivity (Wildman–Crippen MR) is 71.4 cm³/mol. The maximum atomic E-state index is 11.7. The molecule has 0 unspecified atom stereocenters. The molecule has 1 rings (SSSR count). The fraction of sp³-hybridized carbons (Fsp3) is 0.333. The molecule has 0 saturated carbocycles. The van der Waals surface area contributed by atoms with E-state index in [0.29, 0.717) is 5.69 Å². The molecule has 0 saturated heterocycles. The summed E-state index contributed by atoms with van der Waals surface area (Å²) in [5.41, 5.74) is 11.5. The highest BCUT2D eigenvalue weighted by Gasteiger charge is 2.17. The van der Waals surface area contributed by atoms with E-state index in [1.165, 1.54) is 12.1 Å². The molecule has 5 nitrogen and oxygen atoms in total. The first-order chi connectivity index (χ1) is 8.32. The molecule has 2 amide bonds. The summed E-state index contributed by atoms with van der Waals surface area (Å²) in [5.74, 6) is -0.945. The lowest BCUT2D eigenvalue weighted by Gasteiger charge is -2.15. The zero-order valence-electron chi connectivity index (χ0n) is 10.2. The van der Waals surface area contributed by atoms with E-state index in [-0.39, 0.29) is 22.4 Å². The summed E-state index contributed by atoms with van der Waals surface area (Å²) in [4.78, 5) is 22.8. The number of primary amides is 1. The molecule has 1 aromatic carbocycles. The number of anilines is 1. The Balaban J connectivity index is 2.89. The fourth-order valence-electron chi connectivity index (χ4n) is 1.32. The van der Waals surface area contributed by atoms with Crippen molar-refractivity contribution in [3.63, 3.8) is 0 Å². The van der Waals surface area contributed by atoms with Crippen LogP contribution in [0.5, 0.6) is 0 Å². The van der Waals surface area contributed by atoms with Crippen LogP contribution < -0.4 is 16.8 Å². The second kappa shape index (κ2) is 5.84. The van der Waals surface area contributed by atoms with Gasteiger partial charge in [-0.2, -0.15) is 0 Å². The van der Waals surface area contributed by atoms with Gasteiger partial charge in [0, 0.05) is 5.69 Å². The summed E-state index contributed by atoms with van der Waals surface area (Å²) >= 11 is 5.80. The van der Waals surface area contributed by atoms with Crippen molar-refractivity contribution in [2.75, 3.05) is 5.32 Å². The smallest absolute Gasteiger partial charge is 0.250 e. The SMILES string of the molecule is CC(C)[C@@H](N)C(=O)Nc1ccc(Cl)c(C(N)=O)c1. The number of rotatable bonds is 4. The molecule has 0 fully saturated rings. The first-order valence-corrected chi connectivity index (χ1v) is 5.86. The Hall–Kier alpha value is -1.59. The van der Waals surface area contributed by atoms with Crippen LogP contribution in [0.3, 0.4) is 0 Å². The van der Waals surface area contributed by atoms with Gasteiger partial charge in [-0.15, -0.1) is 0 Å². The van der Waals surface area contributed by atoms with Gasteiger partial charge in [0.25, 0.3) is 0 Å². The average molecular weight is 270 g/mol. The Morgan fingerprint density at radius 1 is 1.33 bits per heavy atom. The van der Waals surface area contributed by atoms with Crippen molar-refractivity contribution in [2.45, 2.75) is 19.9 Å². The molecule has 1 atom stereocenters. The maximum absolute atomic E-state index is 11.7. The summed E-state index contributed by atoms with van der Waals surface area (Å²) in [6.45, 7) is 3.70. The molecule has 98 valence electrons. The summed E-state index contributed by atoms with van der Waals surface area (Å²) in [7, 11) is 0. The number of hydrogen-bond acceptors (Lipinski definition) is 3. The minimum absolute atomic E-state index is 0.0212. The van der Waals surface area contributed by atoms with E-state index in [9.17, 15) is 9.59 Å². The van der Waals surface area contributed by atoms with Crippen LogP contribution in [0.15, 0.2) is 18.2 Å². The van der Waals surface area contributed by atoms with Crippen molar-refractivity contribution < 1.29 is 9.59 Å². The van der Waals surface area contributed by atoms with Gasteiger partial charge in [0.1, 0.15) is 0 Å². The first kappa shape index (κ1) is 14.5. The average Bonchev–Trinajstić information content (AvgIpc) is 2.29. The highest BCUT2D eigenvalue weighted by atomic mass is 35.5. The van der Waals surface area contributed by atoms with Crippen LogP contribution in [0.2, 0.25) is 5.02 Å². The van der Waals surface area contributed by atoms with E-state index in [1.807, 2.05) is 13.8 Å². The number of carbonyl (C=O) groups excluding carboxylic acids is 2. The van der Waals surface area contributed by atoms with E-state index in [0.717, 1.165) is 0 Å². The van der Waals surface area contributed by atoms with E-state index in [4.69, 9.17) is 23.1 Å². The Bertz CT molecular complexity index is 474. The monoisotopic (exact) mass is 269 g/mol. The van der Waals surface area contributed by atoms with E-state index < -0.39 is 11.9 Å². The van der Waals surface area contributed by atoms with Crippen LogP contribution in [0.4, 0.5) is 5.69 Å². The van der Waals surface area contributed by atoms with Crippen LogP contribution >= 0.6 is 11.6 Å². The molecule has 1 aromatic rings. The highest BCUT2D eigenvalue weighted by Crippen LogP contribution is 2.20. The van der Waals surface area contributed by atoms with Gasteiger partial charge in [-0.05, 0) is 24.1 Å². The highest BCUT2D eigenvalue weighted by molar-refractivity contribution is 6.34. The van der Waals surface area contributed by atoms with Crippen LogP contribution in [0.1, 0.15) is 24.2 Å². The molecule has 0 aliphatic carbocycles. The van der Waals surface area contributed by atoms with E-state index in [1.54, 1.807) is 6.07 Å². The number of nitrogens with one attached hydrogen (secondary N) is 1. The third-order valence-corrected chi connectivity index (χ3v) is 2.85. The van der Waals surface area contributed by atoms with Crippen molar-refractivity contribution in [2.24, 2.45) is 17.4 Å². The van der Waals surface area contributed by atoms with Gasteiger partial charge in [-0.3, -0.25) is 9.59 Å². The third kappa shape index (κ3) is 3.45. The zero-order valence-corrected chi connectivity index (χ0v) is 11.0. The second-order valence-corrected chi connectivity index (χ2v) is 4.73. The van der Waals surface area contributed by atoms with Gasteiger partial charge in [0.2, 0.25) is 11.8 Å².